The van der Waals surface area contributed by atoms with E-state index in [-0.39, 0.29) is 19.1 Å². The molecule has 0 spiro atoms. The van der Waals surface area contributed by atoms with E-state index in [0.29, 0.717) is 12.8 Å². The van der Waals surface area contributed by atoms with Gasteiger partial charge in [0.1, 0.15) is 18.7 Å². The van der Waals surface area contributed by atoms with Gasteiger partial charge in [0.25, 0.3) is 0 Å². The first-order valence-electron chi connectivity index (χ1n) is 11.3. The lowest BCUT2D eigenvalue weighted by Crippen LogP contribution is -2.58. The number of carbonyl (C=O) groups is 3. The molecule has 2 amide bonds. The largest absolute Gasteiger partial charge is 0.477 e. The predicted octanol–water partition coefficient (Wildman–Crippen LogP) is 3.15. The summed E-state index contributed by atoms with van der Waals surface area (Å²) >= 11 is 0. The van der Waals surface area contributed by atoms with Crippen molar-refractivity contribution in [3.63, 3.8) is 0 Å². The third-order valence-electron chi connectivity index (χ3n) is 6.35. The fourth-order valence-corrected chi connectivity index (χ4v) is 4.45. The minimum absolute atomic E-state index is 0.00294. The van der Waals surface area contributed by atoms with Gasteiger partial charge in [-0.3, -0.25) is 4.79 Å². The Hall–Kier alpha value is -3.53. The van der Waals surface area contributed by atoms with Crippen molar-refractivity contribution in [2.45, 2.75) is 36.8 Å². The van der Waals surface area contributed by atoms with Crippen molar-refractivity contribution in [1.82, 2.24) is 10.6 Å². The molecule has 10 heteroatoms. The highest BCUT2D eigenvalue weighted by molar-refractivity contribution is 5.87. The number of alkyl halides is 2. The van der Waals surface area contributed by atoms with Gasteiger partial charge in [-0.2, -0.15) is 8.78 Å². The van der Waals surface area contributed by atoms with Gasteiger partial charge in [-0.25, -0.2) is 9.59 Å². The monoisotopic (exact) mass is 488 g/mol. The molecule has 0 heterocycles. The zero-order valence-electron chi connectivity index (χ0n) is 19.0. The van der Waals surface area contributed by atoms with Gasteiger partial charge in [-0.1, -0.05) is 48.5 Å². The lowest BCUT2D eigenvalue weighted by atomic mass is 9.98. The van der Waals surface area contributed by atoms with Crippen LogP contribution in [0.3, 0.4) is 0 Å². The smallest absolute Gasteiger partial charge is 0.407 e. The van der Waals surface area contributed by atoms with E-state index < -0.39 is 41.9 Å². The first-order valence-corrected chi connectivity index (χ1v) is 11.3. The van der Waals surface area contributed by atoms with Crippen molar-refractivity contribution in [2.24, 2.45) is 5.92 Å². The van der Waals surface area contributed by atoms with Gasteiger partial charge in [0.15, 0.2) is 0 Å². The molecule has 1 saturated carbocycles. The van der Waals surface area contributed by atoms with Crippen LogP contribution in [0.2, 0.25) is 0 Å². The number of carboxylic acid groups (broad SMARTS) is 1. The Bertz CT molecular complexity index is 1080. The summed E-state index contributed by atoms with van der Waals surface area (Å²) in [5.74, 6) is -8.28. The number of methoxy groups -OCH3 is 1. The van der Waals surface area contributed by atoms with E-state index in [1.54, 1.807) is 0 Å². The molecule has 0 saturated heterocycles. The number of amides is 2. The number of carbonyl (C=O) groups excluding carboxylic acids is 2. The topological polar surface area (TPSA) is 114 Å². The van der Waals surface area contributed by atoms with Gasteiger partial charge in [-0.05, 0) is 41.0 Å². The van der Waals surface area contributed by atoms with Crippen molar-refractivity contribution in [1.29, 1.82) is 0 Å². The number of rotatable bonds is 10. The van der Waals surface area contributed by atoms with Gasteiger partial charge >= 0.3 is 18.0 Å². The molecule has 8 nitrogen and oxygen atoms in total. The first-order chi connectivity index (χ1) is 16.7. The summed E-state index contributed by atoms with van der Waals surface area (Å²) in [5.41, 5.74) is 4.13. The van der Waals surface area contributed by atoms with Crippen molar-refractivity contribution >= 4 is 18.0 Å². The molecule has 2 atom stereocenters. The van der Waals surface area contributed by atoms with Gasteiger partial charge in [0.05, 0.1) is 6.61 Å². The van der Waals surface area contributed by atoms with Crippen molar-refractivity contribution in [3.05, 3.63) is 59.7 Å². The van der Waals surface area contributed by atoms with Gasteiger partial charge in [0.2, 0.25) is 5.91 Å². The summed E-state index contributed by atoms with van der Waals surface area (Å²) < 4.78 is 38.7. The standard InChI is InChI=1S/C25H26F2N2O6/c1-34-13-20(22(30)29-21(14-10-11-14)25(26,27)23(31)32)28-24(33)35-12-19-17-8-4-2-6-15(17)16-7-3-5-9-18(16)19/h2-9,14,19-21H,10-13H2,1H3,(H,28,33)(H,29,30)(H,31,32). The number of halogens is 2. The Morgan fingerprint density at radius 2 is 1.60 bits per heavy atom. The molecule has 35 heavy (non-hydrogen) atoms. The third-order valence-corrected chi connectivity index (χ3v) is 6.35. The minimum Gasteiger partial charge on any atom is -0.477 e. The van der Waals surface area contributed by atoms with E-state index in [1.807, 2.05) is 48.5 Å². The van der Waals surface area contributed by atoms with Gasteiger partial charge in [-0.15, -0.1) is 0 Å². The molecule has 2 aromatic carbocycles. The summed E-state index contributed by atoms with van der Waals surface area (Å²) in [4.78, 5) is 36.2. The summed E-state index contributed by atoms with van der Waals surface area (Å²) in [7, 11) is 1.28. The van der Waals surface area contributed by atoms with E-state index in [0.717, 1.165) is 22.3 Å². The molecule has 2 aliphatic carbocycles. The molecule has 0 aromatic heterocycles. The summed E-state index contributed by atoms with van der Waals surface area (Å²) in [6.07, 6.45) is -0.164. The van der Waals surface area contributed by atoms with E-state index >= 15 is 0 Å². The molecule has 0 bridgehead atoms. The van der Waals surface area contributed by atoms with E-state index in [4.69, 9.17) is 14.6 Å². The molecule has 4 rings (SSSR count). The highest BCUT2D eigenvalue weighted by Gasteiger charge is 2.55. The van der Waals surface area contributed by atoms with Crippen molar-refractivity contribution in [3.8, 4) is 11.1 Å². The molecule has 1 fully saturated rings. The average Bonchev–Trinajstić information content (AvgIpc) is 3.63. The van der Waals surface area contributed by atoms with Crippen molar-refractivity contribution in [2.75, 3.05) is 20.3 Å². The zero-order valence-corrected chi connectivity index (χ0v) is 19.0. The van der Waals surface area contributed by atoms with Crippen LogP contribution in [-0.2, 0) is 19.1 Å². The maximum absolute atomic E-state index is 14.2. The second-order valence-corrected chi connectivity index (χ2v) is 8.73. The second-order valence-electron chi connectivity index (χ2n) is 8.73. The molecule has 2 aromatic rings. The predicted molar refractivity (Wildman–Crippen MR) is 121 cm³/mol. The van der Waals surface area contributed by atoms with Gasteiger partial charge < -0.3 is 25.2 Å². The second kappa shape index (κ2) is 9.99. The Labute approximate surface area is 200 Å². The van der Waals surface area contributed by atoms with Crippen LogP contribution in [0.4, 0.5) is 13.6 Å². The fourth-order valence-electron chi connectivity index (χ4n) is 4.45. The number of benzene rings is 2. The molecular formula is C25H26F2N2O6. The van der Waals surface area contributed by atoms with Crippen LogP contribution in [0.15, 0.2) is 48.5 Å². The average molecular weight is 488 g/mol. The maximum atomic E-state index is 14.2. The van der Waals surface area contributed by atoms with Crippen LogP contribution in [0, 0.1) is 5.92 Å². The molecule has 3 N–H and O–H groups in total. The summed E-state index contributed by atoms with van der Waals surface area (Å²) in [6, 6.07) is 12.4. The Morgan fingerprint density at radius 1 is 1.03 bits per heavy atom. The molecular weight excluding hydrogens is 462 g/mol. The summed E-state index contributed by atoms with van der Waals surface area (Å²) in [6.45, 7) is -0.310. The maximum Gasteiger partial charge on any atom is 0.407 e. The van der Waals surface area contributed by atoms with Crippen LogP contribution in [0.25, 0.3) is 11.1 Å². The number of hydrogen-bond donors (Lipinski definition) is 3. The number of fused-ring (bicyclic) bond motifs is 3. The molecule has 2 aliphatic rings. The number of alkyl carbamates (subject to hydrolysis) is 1. The number of ether oxygens (including phenoxy) is 2. The zero-order chi connectivity index (χ0) is 25.2. The SMILES string of the molecule is COCC(NC(=O)OCC1c2ccccc2-c2ccccc21)C(=O)NC(C1CC1)C(F)(F)C(=O)O. The molecule has 186 valence electrons. The van der Waals surface area contributed by atoms with Crippen LogP contribution < -0.4 is 10.6 Å². The lowest BCUT2D eigenvalue weighted by Gasteiger charge is -2.27. The third kappa shape index (κ3) is 5.12. The highest BCUT2D eigenvalue weighted by atomic mass is 19.3. The number of carboxylic acids is 1. The molecule has 2 unspecified atom stereocenters. The van der Waals surface area contributed by atoms with Crippen molar-refractivity contribution < 1.29 is 37.7 Å². The molecule has 0 radical (unpaired) electrons. The Kier molecular flexibility index (Phi) is 7.02. The summed E-state index contributed by atoms with van der Waals surface area (Å²) in [5, 5.41) is 13.3. The normalized spacial score (nSPS) is 16.5. The van der Waals surface area contributed by atoms with Crippen LogP contribution in [0.5, 0.6) is 0 Å². The minimum atomic E-state index is -4.14. The number of hydrogen-bond acceptors (Lipinski definition) is 5. The van der Waals surface area contributed by atoms with E-state index in [9.17, 15) is 23.2 Å². The lowest BCUT2D eigenvalue weighted by molar-refractivity contribution is -0.171. The van der Waals surface area contributed by atoms with Crippen LogP contribution >= 0.6 is 0 Å². The van der Waals surface area contributed by atoms with Crippen LogP contribution in [0.1, 0.15) is 29.9 Å². The number of nitrogens with one attached hydrogen (secondary N) is 2. The molecule has 0 aliphatic heterocycles. The Morgan fingerprint density at radius 3 is 2.11 bits per heavy atom. The number of aliphatic carboxylic acids is 1. The first kappa shape index (κ1) is 24.6. The van der Waals surface area contributed by atoms with Gasteiger partial charge in [0, 0.05) is 13.0 Å². The fraction of sp³-hybridized carbons (Fsp3) is 0.400. The highest BCUT2D eigenvalue weighted by Crippen LogP contribution is 2.44. The Balaban J connectivity index is 1.40. The van der Waals surface area contributed by atoms with Crippen LogP contribution in [-0.4, -0.2) is 61.4 Å². The quantitative estimate of drug-likeness (QED) is 0.474. The van der Waals surface area contributed by atoms with E-state index in [1.165, 1.54) is 7.11 Å². The van der Waals surface area contributed by atoms with E-state index in [2.05, 4.69) is 10.6 Å².